The quantitative estimate of drug-likeness (QED) is 0.855. The Kier molecular flexibility index (Phi) is 2.88. The first-order chi connectivity index (χ1) is 7.88. The summed E-state index contributed by atoms with van der Waals surface area (Å²) in [6.45, 7) is 3.86. The molecule has 3 heterocycles. The smallest absolute Gasteiger partial charge is 0.0958 e. The maximum absolute atomic E-state index is 5.75. The maximum Gasteiger partial charge on any atom is 0.0958 e. The zero-order valence-electron chi connectivity index (χ0n) is 9.45. The van der Waals surface area contributed by atoms with E-state index in [9.17, 15) is 0 Å². The SMILES string of the molecule is NCC1OCCc2sc(N3CCCC3)cc21. The molecule has 1 saturated heterocycles. The molecule has 1 atom stereocenters. The highest BCUT2D eigenvalue weighted by Gasteiger charge is 2.24. The monoisotopic (exact) mass is 238 g/mol. The van der Waals surface area contributed by atoms with Crippen molar-refractivity contribution in [3.8, 4) is 0 Å². The highest BCUT2D eigenvalue weighted by molar-refractivity contribution is 7.16. The Morgan fingerprint density at radius 1 is 1.44 bits per heavy atom. The Balaban J connectivity index is 1.89. The number of thiophene rings is 1. The van der Waals surface area contributed by atoms with E-state index in [1.54, 1.807) is 0 Å². The van der Waals surface area contributed by atoms with E-state index in [0.717, 1.165) is 13.0 Å². The van der Waals surface area contributed by atoms with Crippen molar-refractivity contribution in [2.24, 2.45) is 5.73 Å². The van der Waals surface area contributed by atoms with E-state index in [1.165, 1.54) is 41.4 Å². The number of rotatable bonds is 2. The third-order valence-corrected chi connectivity index (χ3v) is 4.73. The number of ether oxygens (including phenoxy) is 1. The summed E-state index contributed by atoms with van der Waals surface area (Å²) in [6, 6.07) is 2.31. The summed E-state index contributed by atoms with van der Waals surface area (Å²) in [4.78, 5) is 3.99. The van der Waals surface area contributed by atoms with Crippen molar-refractivity contribution in [3.63, 3.8) is 0 Å². The largest absolute Gasteiger partial charge is 0.372 e. The molecular weight excluding hydrogens is 220 g/mol. The van der Waals surface area contributed by atoms with Crippen LogP contribution in [0.4, 0.5) is 5.00 Å². The van der Waals surface area contributed by atoms with Crippen LogP contribution < -0.4 is 10.6 Å². The zero-order valence-corrected chi connectivity index (χ0v) is 10.3. The molecule has 1 fully saturated rings. The molecular formula is C12H18N2OS. The molecule has 0 amide bonds. The van der Waals surface area contributed by atoms with Gasteiger partial charge in [-0.3, -0.25) is 0 Å². The van der Waals surface area contributed by atoms with Crippen molar-refractivity contribution < 1.29 is 4.74 Å². The number of nitrogens with two attached hydrogens (primary N) is 1. The molecule has 1 aromatic heterocycles. The molecule has 0 radical (unpaired) electrons. The van der Waals surface area contributed by atoms with E-state index >= 15 is 0 Å². The molecule has 2 N–H and O–H groups in total. The first-order valence-corrected chi connectivity index (χ1v) is 6.89. The van der Waals surface area contributed by atoms with Crippen LogP contribution in [0.2, 0.25) is 0 Å². The Morgan fingerprint density at radius 2 is 2.25 bits per heavy atom. The highest BCUT2D eigenvalue weighted by Crippen LogP contribution is 2.38. The standard InChI is InChI=1S/C12H18N2OS/c13-8-10-9-7-12(14-4-1-2-5-14)16-11(9)3-6-15-10/h7,10H,1-6,8,13H2. The molecule has 0 bridgehead atoms. The third kappa shape index (κ3) is 1.75. The van der Waals surface area contributed by atoms with E-state index in [-0.39, 0.29) is 6.10 Å². The summed E-state index contributed by atoms with van der Waals surface area (Å²) in [7, 11) is 0. The fourth-order valence-electron chi connectivity index (χ4n) is 2.57. The van der Waals surface area contributed by atoms with Crippen LogP contribution in [0.3, 0.4) is 0 Å². The summed E-state index contributed by atoms with van der Waals surface area (Å²) < 4.78 is 5.69. The van der Waals surface area contributed by atoms with Crippen molar-refractivity contribution in [1.82, 2.24) is 0 Å². The molecule has 0 aromatic carbocycles. The van der Waals surface area contributed by atoms with E-state index in [1.807, 2.05) is 11.3 Å². The van der Waals surface area contributed by atoms with Gasteiger partial charge in [-0.2, -0.15) is 0 Å². The second-order valence-corrected chi connectivity index (χ2v) is 5.62. The molecule has 0 aliphatic carbocycles. The van der Waals surface area contributed by atoms with Gasteiger partial charge in [0, 0.05) is 30.9 Å². The highest BCUT2D eigenvalue weighted by atomic mass is 32.1. The second kappa shape index (κ2) is 4.35. The summed E-state index contributed by atoms with van der Waals surface area (Å²) in [5, 5.41) is 1.42. The number of fused-ring (bicyclic) bond motifs is 1. The first kappa shape index (κ1) is 10.6. The number of nitrogens with zero attached hydrogens (tertiary/aromatic N) is 1. The lowest BCUT2D eigenvalue weighted by atomic mass is 10.1. The summed E-state index contributed by atoms with van der Waals surface area (Å²) in [5.74, 6) is 0. The summed E-state index contributed by atoms with van der Waals surface area (Å²) >= 11 is 1.94. The van der Waals surface area contributed by atoms with Gasteiger partial charge in [-0.25, -0.2) is 0 Å². The molecule has 88 valence electrons. The van der Waals surface area contributed by atoms with Crippen molar-refractivity contribution in [1.29, 1.82) is 0 Å². The van der Waals surface area contributed by atoms with Crippen molar-refractivity contribution in [2.75, 3.05) is 31.1 Å². The summed E-state index contributed by atoms with van der Waals surface area (Å²) in [5.41, 5.74) is 7.09. The third-order valence-electron chi connectivity index (χ3n) is 3.46. The van der Waals surface area contributed by atoms with Gasteiger partial charge in [0.1, 0.15) is 0 Å². The van der Waals surface area contributed by atoms with Crippen LogP contribution in [0.25, 0.3) is 0 Å². The maximum atomic E-state index is 5.75. The van der Waals surface area contributed by atoms with Gasteiger partial charge in [-0.05, 0) is 24.5 Å². The van der Waals surface area contributed by atoms with Crippen LogP contribution in [0.1, 0.15) is 29.4 Å². The first-order valence-electron chi connectivity index (χ1n) is 6.07. The molecule has 3 nitrogen and oxygen atoms in total. The Labute approximate surface area is 100 Å². The van der Waals surface area contributed by atoms with Crippen LogP contribution in [0.5, 0.6) is 0 Å². The zero-order chi connectivity index (χ0) is 11.0. The molecule has 3 rings (SSSR count). The molecule has 2 aliphatic heterocycles. The predicted molar refractivity (Wildman–Crippen MR) is 67.2 cm³/mol. The van der Waals surface area contributed by atoms with E-state index < -0.39 is 0 Å². The van der Waals surface area contributed by atoms with Gasteiger partial charge in [-0.1, -0.05) is 0 Å². The van der Waals surface area contributed by atoms with Crippen molar-refractivity contribution >= 4 is 16.3 Å². The van der Waals surface area contributed by atoms with Gasteiger partial charge >= 0.3 is 0 Å². The average molecular weight is 238 g/mol. The van der Waals surface area contributed by atoms with Crippen LogP contribution in [0.15, 0.2) is 6.07 Å². The minimum Gasteiger partial charge on any atom is -0.372 e. The molecule has 2 aliphatic rings. The molecule has 0 spiro atoms. The lowest BCUT2D eigenvalue weighted by Crippen LogP contribution is -2.21. The van der Waals surface area contributed by atoms with Gasteiger partial charge < -0.3 is 15.4 Å². The molecule has 1 aromatic rings. The van der Waals surface area contributed by atoms with Gasteiger partial charge in [0.2, 0.25) is 0 Å². The van der Waals surface area contributed by atoms with Crippen LogP contribution in [-0.4, -0.2) is 26.2 Å². The molecule has 4 heteroatoms. The Bertz CT molecular complexity index is 371. The number of hydrogen-bond donors (Lipinski definition) is 1. The lowest BCUT2D eigenvalue weighted by Gasteiger charge is -2.21. The number of hydrogen-bond acceptors (Lipinski definition) is 4. The molecule has 16 heavy (non-hydrogen) atoms. The van der Waals surface area contributed by atoms with Crippen LogP contribution >= 0.6 is 11.3 Å². The fraction of sp³-hybridized carbons (Fsp3) is 0.667. The van der Waals surface area contributed by atoms with Crippen LogP contribution in [0, 0.1) is 0 Å². The van der Waals surface area contributed by atoms with Gasteiger partial charge in [0.15, 0.2) is 0 Å². The van der Waals surface area contributed by atoms with Gasteiger partial charge in [-0.15, -0.1) is 11.3 Å². The Morgan fingerprint density at radius 3 is 3.00 bits per heavy atom. The van der Waals surface area contributed by atoms with E-state index in [4.69, 9.17) is 10.5 Å². The minimum absolute atomic E-state index is 0.136. The predicted octanol–water partition coefficient (Wildman–Crippen LogP) is 1.92. The van der Waals surface area contributed by atoms with Crippen molar-refractivity contribution in [2.45, 2.75) is 25.4 Å². The number of anilines is 1. The van der Waals surface area contributed by atoms with Gasteiger partial charge in [0.25, 0.3) is 0 Å². The lowest BCUT2D eigenvalue weighted by molar-refractivity contribution is 0.0498. The van der Waals surface area contributed by atoms with Crippen molar-refractivity contribution in [3.05, 3.63) is 16.5 Å². The Hall–Kier alpha value is -0.580. The molecule has 1 unspecified atom stereocenters. The van der Waals surface area contributed by atoms with Gasteiger partial charge in [0.05, 0.1) is 17.7 Å². The second-order valence-electron chi connectivity index (χ2n) is 4.50. The van der Waals surface area contributed by atoms with E-state index in [2.05, 4.69) is 11.0 Å². The normalized spacial score (nSPS) is 24.8. The summed E-state index contributed by atoms with van der Waals surface area (Å²) in [6.07, 6.45) is 3.86. The fourth-order valence-corrected chi connectivity index (χ4v) is 3.81. The minimum atomic E-state index is 0.136. The van der Waals surface area contributed by atoms with E-state index in [0.29, 0.717) is 6.54 Å². The molecule has 0 saturated carbocycles. The average Bonchev–Trinajstić information content (AvgIpc) is 2.96. The topological polar surface area (TPSA) is 38.5 Å². The van der Waals surface area contributed by atoms with Crippen LogP contribution in [-0.2, 0) is 11.2 Å².